The van der Waals surface area contributed by atoms with Crippen LogP contribution in [0.4, 0.5) is 0 Å². The molecule has 0 aromatic rings. The van der Waals surface area contributed by atoms with E-state index in [0.29, 0.717) is 6.29 Å². The molecule has 0 saturated carbocycles. The number of hydrazone groups is 1. The molecule has 0 aromatic carbocycles. The fourth-order valence-electron chi connectivity index (χ4n) is 0.135. The Hall–Kier alpha value is -1.12. The normalized spacial score (nSPS) is 8.57. The molecule has 7 heavy (non-hydrogen) atoms. The van der Waals surface area contributed by atoms with Crippen molar-refractivity contribution in [3.05, 3.63) is 12.3 Å². The molecule has 0 fully saturated rings. The monoisotopic (exact) mass is 98.0 g/mol. The smallest absolute Gasteiger partial charge is 0.144 e. The van der Waals surface area contributed by atoms with E-state index < -0.39 is 0 Å². The minimum Gasteiger partial charge on any atom is -0.299 e. The first-order valence-electron chi connectivity index (χ1n) is 1.73. The van der Waals surface area contributed by atoms with Crippen LogP contribution in [0, 0.1) is 0 Å². The SMILES string of the molecule is C=NN/C=C/C=O. The summed E-state index contributed by atoms with van der Waals surface area (Å²) < 4.78 is 0. The Bertz CT molecular complexity index is 87.7. The van der Waals surface area contributed by atoms with Crippen LogP contribution in [0.2, 0.25) is 0 Å². The molecule has 0 radical (unpaired) electrons. The van der Waals surface area contributed by atoms with Gasteiger partial charge in [0.25, 0.3) is 0 Å². The summed E-state index contributed by atoms with van der Waals surface area (Å²) in [5.74, 6) is 0. The number of allylic oxidation sites excluding steroid dienone is 1. The first kappa shape index (κ1) is 5.88. The number of rotatable bonds is 3. The number of nitrogens with zero attached hydrogens (tertiary/aromatic N) is 1. The lowest BCUT2D eigenvalue weighted by molar-refractivity contribution is -0.104. The van der Waals surface area contributed by atoms with Gasteiger partial charge in [0.05, 0.1) is 0 Å². The highest BCUT2D eigenvalue weighted by Crippen LogP contribution is 1.56. The van der Waals surface area contributed by atoms with Crippen molar-refractivity contribution >= 4 is 13.0 Å². The molecular weight excluding hydrogens is 92.1 g/mol. The summed E-state index contributed by atoms with van der Waals surface area (Å²) in [5.41, 5.74) is 2.35. The zero-order chi connectivity index (χ0) is 5.54. The third-order valence-corrected chi connectivity index (χ3v) is 0.341. The molecule has 3 heteroatoms. The first-order chi connectivity index (χ1) is 3.41. The van der Waals surface area contributed by atoms with Gasteiger partial charge in [-0.3, -0.25) is 10.2 Å². The van der Waals surface area contributed by atoms with E-state index in [-0.39, 0.29) is 0 Å². The molecule has 0 atom stereocenters. The van der Waals surface area contributed by atoms with Gasteiger partial charge < -0.3 is 0 Å². The van der Waals surface area contributed by atoms with Crippen molar-refractivity contribution in [1.29, 1.82) is 0 Å². The topological polar surface area (TPSA) is 41.5 Å². The van der Waals surface area contributed by atoms with Crippen LogP contribution in [0.5, 0.6) is 0 Å². The molecule has 0 bridgehead atoms. The highest BCUT2D eigenvalue weighted by molar-refractivity contribution is 5.64. The van der Waals surface area contributed by atoms with Crippen molar-refractivity contribution in [1.82, 2.24) is 5.43 Å². The van der Waals surface area contributed by atoms with Gasteiger partial charge in [0.15, 0.2) is 0 Å². The maximum atomic E-state index is 9.49. The van der Waals surface area contributed by atoms with Crippen molar-refractivity contribution < 1.29 is 4.79 Å². The van der Waals surface area contributed by atoms with E-state index in [1.807, 2.05) is 0 Å². The fourth-order valence-corrected chi connectivity index (χ4v) is 0.135. The number of hydrogen-bond donors (Lipinski definition) is 1. The Labute approximate surface area is 41.7 Å². The van der Waals surface area contributed by atoms with E-state index in [9.17, 15) is 4.79 Å². The van der Waals surface area contributed by atoms with Crippen molar-refractivity contribution in [2.75, 3.05) is 0 Å². The molecule has 1 N–H and O–H groups in total. The van der Waals surface area contributed by atoms with Gasteiger partial charge in [0, 0.05) is 12.9 Å². The van der Waals surface area contributed by atoms with Crippen molar-refractivity contribution in [3.8, 4) is 0 Å². The number of hydrogen-bond acceptors (Lipinski definition) is 3. The van der Waals surface area contributed by atoms with Crippen LogP contribution in [0.25, 0.3) is 0 Å². The Morgan fingerprint density at radius 1 is 1.71 bits per heavy atom. The Kier molecular flexibility index (Phi) is 4.10. The molecule has 0 aliphatic heterocycles. The zero-order valence-electron chi connectivity index (χ0n) is 3.79. The lowest BCUT2D eigenvalue weighted by Gasteiger charge is -1.78. The lowest BCUT2D eigenvalue weighted by atomic mass is 10.7. The van der Waals surface area contributed by atoms with Crippen LogP contribution >= 0.6 is 0 Å². The molecule has 0 unspecified atom stereocenters. The Morgan fingerprint density at radius 2 is 2.43 bits per heavy atom. The fraction of sp³-hybridized carbons (Fsp3) is 0. The molecule has 0 aliphatic carbocycles. The van der Waals surface area contributed by atoms with Crippen LogP contribution < -0.4 is 5.43 Å². The third-order valence-electron chi connectivity index (χ3n) is 0.341. The lowest BCUT2D eigenvalue weighted by Crippen LogP contribution is -1.88. The second-order valence-electron chi connectivity index (χ2n) is 0.782. The van der Waals surface area contributed by atoms with Crippen LogP contribution in [0.1, 0.15) is 0 Å². The third kappa shape index (κ3) is 4.88. The van der Waals surface area contributed by atoms with Crippen molar-refractivity contribution in [3.63, 3.8) is 0 Å². The summed E-state index contributed by atoms with van der Waals surface area (Å²) in [6.07, 6.45) is 3.33. The van der Waals surface area contributed by atoms with Crippen molar-refractivity contribution in [2.24, 2.45) is 5.10 Å². The second kappa shape index (κ2) is 4.88. The van der Waals surface area contributed by atoms with E-state index in [0.717, 1.165) is 0 Å². The second-order valence-corrected chi connectivity index (χ2v) is 0.782. The predicted octanol–water partition coefficient (Wildman–Crippen LogP) is -0.0958. The molecule has 0 heterocycles. The number of carbonyl (C=O) groups is 1. The molecule has 0 spiro atoms. The maximum absolute atomic E-state index is 9.49. The van der Waals surface area contributed by atoms with E-state index in [2.05, 4.69) is 17.2 Å². The van der Waals surface area contributed by atoms with Gasteiger partial charge >= 0.3 is 0 Å². The maximum Gasteiger partial charge on any atom is 0.144 e. The van der Waals surface area contributed by atoms with E-state index in [4.69, 9.17) is 0 Å². The molecular formula is C4H6N2O. The summed E-state index contributed by atoms with van der Waals surface area (Å²) >= 11 is 0. The minimum absolute atomic E-state index is 0.651. The molecule has 0 aliphatic rings. The average molecular weight is 98.1 g/mol. The average Bonchev–Trinajstić information content (AvgIpc) is 1.69. The van der Waals surface area contributed by atoms with Crippen LogP contribution in [0.15, 0.2) is 17.4 Å². The van der Waals surface area contributed by atoms with Gasteiger partial charge in [0.1, 0.15) is 6.29 Å². The predicted molar refractivity (Wildman–Crippen MR) is 27.9 cm³/mol. The molecule has 0 rings (SSSR count). The number of nitrogens with one attached hydrogen (secondary N) is 1. The highest BCUT2D eigenvalue weighted by Gasteiger charge is 1.58. The summed E-state index contributed by atoms with van der Waals surface area (Å²) in [4.78, 5) is 9.49. The number of carbonyl (C=O) groups excluding carboxylic acids is 1. The van der Waals surface area contributed by atoms with Gasteiger partial charge in [-0.1, -0.05) is 0 Å². The summed E-state index contributed by atoms with van der Waals surface area (Å²) in [6, 6.07) is 0. The van der Waals surface area contributed by atoms with Gasteiger partial charge in [-0.25, -0.2) is 0 Å². The Morgan fingerprint density at radius 3 is 2.86 bits per heavy atom. The van der Waals surface area contributed by atoms with Gasteiger partial charge in [-0.05, 0) is 6.08 Å². The minimum atomic E-state index is 0.651. The van der Waals surface area contributed by atoms with E-state index in [1.54, 1.807) is 0 Å². The van der Waals surface area contributed by atoms with Gasteiger partial charge in [-0.2, -0.15) is 5.10 Å². The standard InChI is InChI=1S/C4H6N2O/c1-5-6-3-2-4-7/h2-4,6H,1H2/b3-2+. The van der Waals surface area contributed by atoms with Crippen LogP contribution in [-0.4, -0.2) is 13.0 Å². The summed E-state index contributed by atoms with van der Waals surface area (Å²) in [6.45, 7) is 3.10. The summed E-state index contributed by atoms with van der Waals surface area (Å²) in [7, 11) is 0. The summed E-state index contributed by atoms with van der Waals surface area (Å²) in [5, 5.41) is 3.23. The zero-order valence-corrected chi connectivity index (χ0v) is 3.79. The Balaban J connectivity index is 3.08. The van der Waals surface area contributed by atoms with Crippen molar-refractivity contribution in [2.45, 2.75) is 0 Å². The highest BCUT2D eigenvalue weighted by atomic mass is 16.1. The first-order valence-corrected chi connectivity index (χ1v) is 1.73. The quantitative estimate of drug-likeness (QED) is 0.232. The number of aldehydes is 1. The molecule has 3 nitrogen and oxygen atoms in total. The van der Waals surface area contributed by atoms with Gasteiger partial charge in [0.2, 0.25) is 0 Å². The van der Waals surface area contributed by atoms with Gasteiger partial charge in [-0.15, -0.1) is 0 Å². The molecule has 0 saturated heterocycles. The molecule has 38 valence electrons. The largest absolute Gasteiger partial charge is 0.299 e. The van der Waals surface area contributed by atoms with E-state index >= 15 is 0 Å². The molecule has 0 amide bonds. The van der Waals surface area contributed by atoms with Crippen LogP contribution in [0.3, 0.4) is 0 Å². The van der Waals surface area contributed by atoms with E-state index in [1.165, 1.54) is 12.3 Å². The molecule has 0 aromatic heterocycles. The van der Waals surface area contributed by atoms with Crippen LogP contribution in [-0.2, 0) is 4.79 Å².